The fourth-order valence-electron chi connectivity index (χ4n) is 2.57. The van der Waals surface area contributed by atoms with E-state index in [1.165, 1.54) is 6.92 Å². The van der Waals surface area contributed by atoms with Gasteiger partial charge in [0.1, 0.15) is 5.76 Å². The maximum Gasteiger partial charge on any atom is 0.348 e. The molecule has 1 heterocycles. The Morgan fingerprint density at radius 1 is 1.25 bits per heavy atom. The van der Waals surface area contributed by atoms with Crippen molar-refractivity contribution < 1.29 is 19.1 Å². The van der Waals surface area contributed by atoms with Crippen LogP contribution in [0.2, 0.25) is 0 Å². The van der Waals surface area contributed by atoms with Crippen LogP contribution in [0.3, 0.4) is 0 Å². The van der Waals surface area contributed by atoms with Crippen molar-refractivity contribution in [1.82, 2.24) is 0 Å². The van der Waals surface area contributed by atoms with Gasteiger partial charge < -0.3 is 9.47 Å². The summed E-state index contributed by atoms with van der Waals surface area (Å²) in [5, 5.41) is 0. The SMILES string of the molecule is CCOC(=O)[C@H]1OC(C)=C(C(C)=O)[C@@H]1c1ccccc1. The van der Waals surface area contributed by atoms with E-state index in [9.17, 15) is 9.59 Å². The highest BCUT2D eigenvalue weighted by Gasteiger charge is 2.43. The summed E-state index contributed by atoms with van der Waals surface area (Å²) in [4.78, 5) is 23.9. The first-order valence-electron chi connectivity index (χ1n) is 6.66. The molecule has 0 amide bonds. The van der Waals surface area contributed by atoms with Crippen molar-refractivity contribution in [2.75, 3.05) is 6.61 Å². The van der Waals surface area contributed by atoms with Crippen LogP contribution in [-0.4, -0.2) is 24.5 Å². The van der Waals surface area contributed by atoms with Crippen LogP contribution in [0.15, 0.2) is 41.7 Å². The molecular formula is C16H18O4. The van der Waals surface area contributed by atoms with E-state index in [1.807, 2.05) is 30.3 Å². The van der Waals surface area contributed by atoms with Gasteiger partial charge in [-0.25, -0.2) is 4.79 Å². The smallest absolute Gasteiger partial charge is 0.348 e. The lowest BCUT2D eigenvalue weighted by Gasteiger charge is -2.19. The first-order chi connectivity index (χ1) is 9.56. The van der Waals surface area contributed by atoms with E-state index in [4.69, 9.17) is 9.47 Å². The Labute approximate surface area is 118 Å². The Morgan fingerprint density at radius 2 is 1.90 bits per heavy atom. The second-order valence-corrected chi connectivity index (χ2v) is 4.70. The van der Waals surface area contributed by atoms with Crippen molar-refractivity contribution in [1.29, 1.82) is 0 Å². The quantitative estimate of drug-likeness (QED) is 0.792. The number of Topliss-reactive ketones (excluding diaryl/α,β-unsaturated/α-hetero) is 1. The predicted octanol–water partition coefficient (Wildman–Crippen LogP) is 2.60. The van der Waals surface area contributed by atoms with E-state index in [2.05, 4.69) is 0 Å². The predicted molar refractivity (Wildman–Crippen MR) is 74.1 cm³/mol. The molecule has 0 radical (unpaired) electrons. The van der Waals surface area contributed by atoms with Gasteiger partial charge in [-0.3, -0.25) is 4.79 Å². The van der Waals surface area contributed by atoms with E-state index in [0.29, 0.717) is 11.3 Å². The van der Waals surface area contributed by atoms with Gasteiger partial charge in [-0.1, -0.05) is 30.3 Å². The number of ether oxygens (including phenoxy) is 2. The highest BCUT2D eigenvalue weighted by molar-refractivity contribution is 5.97. The Hall–Kier alpha value is -2.10. The number of ketones is 1. The van der Waals surface area contributed by atoms with Crippen molar-refractivity contribution in [2.24, 2.45) is 0 Å². The van der Waals surface area contributed by atoms with Crippen molar-refractivity contribution in [3.05, 3.63) is 47.2 Å². The average Bonchev–Trinajstić information content (AvgIpc) is 2.78. The molecule has 1 aromatic carbocycles. The first kappa shape index (κ1) is 14.3. The topological polar surface area (TPSA) is 52.6 Å². The largest absolute Gasteiger partial charge is 0.482 e. The normalized spacial score (nSPS) is 21.6. The third-order valence-corrected chi connectivity index (χ3v) is 3.35. The van der Waals surface area contributed by atoms with Gasteiger partial charge in [0.05, 0.1) is 12.5 Å². The molecule has 0 saturated carbocycles. The number of rotatable bonds is 4. The molecule has 1 aromatic rings. The number of hydrogen-bond donors (Lipinski definition) is 0. The van der Waals surface area contributed by atoms with Crippen LogP contribution in [0.25, 0.3) is 0 Å². The number of hydrogen-bond acceptors (Lipinski definition) is 4. The Kier molecular flexibility index (Phi) is 4.23. The molecule has 0 unspecified atom stereocenters. The van der Waals surface area contributed by atoms with Crippen LogP contribution < -0.4 is 0 Å². The lowest BCUT2D eigenvalue weighted by molar-refractivity contribution is -0.153. The molecule has 0 spiro atoms. The summed E-state index contributed by atoms with van der Waals surface area (Å²) in [6.07, 6.45) is -0.781. The van der Waals surface area contributed by atoms with Gasteiger partial charge >= 0.3 is 5.97 Å². The Bertz CT molecular complexity index is 545. The van der Waals surface area contributed by atoms with Crippen LogP contribution in [0.1, 0.15) is 32.3 Å². The highest BCUT2D eigenvalue weighted by Crippen LogP contribution is 2.39. The van der Waals surface area contributed by atoms with Crippen LogP contribution >= 0.6 is 0 Å². The minimum atomic E-state index is -0.781. The third kappa shape index (κ3) is 2.59. The van der Waals surface area contributed by atoms with E-state index >= 15 is 0 Å². The summed E-state index contributed by atoms with van der Waals surface area (Å²) in [6, 6.07) is 9.43. The maximum absolute atomic E-state index is 12.1. The first-order valence-corrected chi connectivity index (χ1v) is 6.66. The molecule has 4 nitrogen and oxygen atoms in total. The van der Waals surface area contributed by atoms with Gasteiger partial charge in [-0.05, 0) is 26.3 Å². The molecule has 2 atom stereocenters. The number of esters is 1. The summed E-state index contributed by atoms with van der Waals surface area (Å²) in [5.74, 6) is -0.405. The zero-order valence-corrected chi connectivity index (χ0v) is 11.9. The summed E-state index contributed by atoms with van der Waals surface area (Å²) in [6.45, 7) is 5.24. The number of allylic oxidation sites excluding steroid dienone is 1. The number of carbonyl (C=O) groups excluding carboxylic acids is 2. The third-order valence-electron chi connectivity index (χ3n) is 3.35. The van der Waals surface area contributed by atoms with Crippen molar-refractivity contribution in [2.45, 2.75) is 32.8 Å². The highest BCUT2D eigenvalue weighted by atomic mass is 16.6. The van der Waals surface area contributed by atoms with Gasteiger partial charge in [0, 0.05) is 5.57 Å². The van der Waals surface area contributed by atoms with E-state index in [0.717, 1.165) is 5.56 Å². The van der Waals surface area contributed by atoms with Gasteiger partial charge in [-0.2, -0.15) is 0 Å². The molecule has 0 N–H and O–H groups in total. The Balaban J connectivity index is 2.42. The lowest BCUT2D eigenvalue weighted by atomic mass is 9.85. The molecule has 20 heavy (non-hydrogen) atoms. The molecule has 0 aromatic heterocycles. The van der Waals surface area contributed by atoms with Crippen LogP contribution in [0, 0.1) is 0 Å². The second kappa shape index (κ2) is 5.90. The Morgan fingerprint density at radius 3 is 2.45 bits per heavy atom. The molecular weight excluding hydrogens is 256 g/mol. The van der Waals surface area contributed by atoms with Gasteiger partial charge in [-0.15, -0.1) is 0 Å². The molecule has 4 heteroatoms. The molecule has 1 aliphatic rings. The second-order valence-electron chi connectivity index (χ2n) is 4.70. The molecule has 106 valence electrons. The van der Waals surface area contributed by atoms with Crippen LogP contribution in [0.5, 0.6) is 0 Å². The van der Waals surface area contributed by atoms with Gasteiger partial charge in [0.15, 0.2) is 5.78 Å². The zero-order chi connectivity index (χ0) is 14.7. The summed E-state index contributed by atoms with van der Waals surface area (Å²) >= 11 is 0. The zero-order valence-electron chi connectivity index (χ0n) is 11.9. The molecule has 0 bridgehead atoms. The minimum absolute atomic E-state index is 0.0804. The summed E-state index contributed by atoms with van der Waals surface area (Å²) < 4.78 is 10.7. The minimum Gasteiger partial charge on any atom is -0.482 e. The molecule has 2 rings (SSSR count). The summed E-state index contributed by atoms with van der Waals surface area (Å²) in [7, 11) is 0. The molecule has 0 saturated heterocycles. The van der Waals surface area contributed by atoms with Crippen molar-refractivity contribution in [3.63, 3.8) is 0 Å². The number of benzene rings is 1. The standard InChI is InChI=1S/C16H18O4/c1-4-19-16(18)15-14(12-8-6-5-7-9-12)13(10(2)17)11(3)20-15/h5-9,14-15H,4H2,1-3H3/t14-,15-/m0/s1. The molecule has 1 aliphatic heterocycles. The van der Waals surface area contributed by atoms with E-state index < -0.39 is 18.0 Å². The fourth-order valence-corrected chi connectivity index (χ4v) is 2.57. The monoisotopic (exact) mass is 274 g/mol. The fraction of sp³-hybridized carbons (Fsp3) is 0.375. The lowest BCUT2D eigenvalue weighted by Crippen LogP contribution is -2.30. The van der Waals surface area contributed by atoms with E-state index in [1.54, 1.807) is 13.8 Å². The molecule has 0 aliphatic carbocycles. The van der Waals surface area contributed by atoms with E-state index in [-0.39, 0.29) is 12.4 Å². The van der Waals surface area contributed by atoms with Gasteiger partial charge in [0.2, 0.25) is 6.10 Å². The maximum atomic E-state index is 12.1. The van der Waals surface area contributed by atoms with Crippen molar-refractivity contribution >= 4 is 11.8 Å². The van der Waals surface area contributed by atoms with Gasteiger partial charge in [0.25, 0.3) is 0 Å². The average molecular weight is 274 g/mol. The number of carbonyl (C=O) groups is 2. The molecule has 0 fully saturated rings. The van der Waals surface area contributed by atoms with Crippen LogP contribution in [-0.2, 0) is 19.1 Å². The van der Waals surface area contributed by atoms with Crippen molar-refractivity contribution in [3.8, 4) is 0 Å². The summed E-state index contributed by atoms with van der Waals surface area (Å²) in [5.41, 5.74) is 1.43. The van der Waals surface area contributed by atoms with Crippen LogP contribution in [0.4, 0.5) is 0 Å².